The van der Waals surface area contributed by atoms with Gasteiger partial charge in [0.05, 0.1) is 17.1 Å². The molecule has 3 aromatic carbocycles. The third kappa shape index (κ3) is 4.15. The highest BCUT2D eigenvalue weighted by atomic mass is 35.5. The molecule has 0 bridgehead atoms. The number of rotatable bonds is 5. The van der Waals surface area contributed by atoms with Gasteiger partial charge in [0.15, 0.2) is 0 Å². The molecule has 0 heterocycles. The highest BCUT2D eigenvalue weighted by molar-refractivity contribution is 7.92. The summed E-state index contributed by atoms with van der Waals surface area (Å²) in [5.74, 6) is -0.542. The Labute approximate surface area is 164 Å². The zero-order valence-corrected chi connectivity index (χ0v) is 16.6. The SMILES string of the molecule is Cc1cc(C)cc(N(Cc2c(F)cccc2Cl)S(=O)(=O)c2ccccc2)c1. The fraction of sp³-hybridized carbons (Fsp3) is 0.143. The van der Waals surface area contributed by atoms with Crippen LogP contribution in [0.1, 0.15) is 16.7 Å². The molecule has 3 aromatic rings. The van der Waals surface area contributed by atoms with E-state index in [9.17, 15) is 12.8 Å². The Balaban J connectivity index is 2.18. The molecule has 0 saturated heterocycles. The van der Waals surface area contributed by atoms with Crippen LogP contribution in [0.15, 0.2) is 71.6 Å². The second kappa shape index (κ2) is 7.71. The first-order valence-corrected chi connectivity index (χ1v) is 10.2. The van der Waals surface area contributed by atoms with Crippen molar-refractivity contribution < 1.29 is 12.8 Å². The van der Waals surface area contributed by atoms with Crippen molar-refractivity contribution in [2.75, 3.05) is 4.31 Å². The van der Waals surface area contributed by atoms with Gasteiger partial charge >= 0.3 is 0 Å². The smallest absolute Gasteiger partial charge is 0.262 e. The first-order chi connectivity index (χ1) is 12.8. The molecule has 0 aromatic heterocycles. The lowest BCUT2D eigenvalue weighted by Gasteiger charge is -2.26. The Kier molecular flexibility index (Phi) is 5.53. The minimum Gasteiger partial charge on any atom is -0.262 e. The third-order valence-corrected chi connectivity index (χ3v) is 6.33. The fourth-order valence-corrected chi connectivity index (χ4v) is 4.62. The van der Waals surface area contributed by atoms with Crippen LogP contribution in [0.2, 0.25) is 5.02 Å². The Morgan fingerprint density at radius 3 is 2.15 bits per heavy atom. The van der Waals surface area contributed by atoms with Gasteiger partial charge in [0.1, 0.15) is 5.82 Å². The van der Waals surface area contributed by atoms with E-state index in [1.54, 1.807) is 36.4 Å². The zero-order valence-electron chi connectivity index (χ0n) is 15.0. The molecule has 0 aliphatic heterocycles. The van der Waals surface area contributed by atoms with Crippen molar-refractivity contribution in [3.8, 4) is 0 Å². The molecule has 3 rings (SSSR count). The Hall–Kier alpha value is -2.37. The summed E-state index contributed by atoms with van der Waals surface area (Å²) in [6.45, 7) is 3.57. The molecule has 0 aliphatic carbocycles. The topological polar surface area (TPSA) is 37.4 Å². The van der Waals surface area contributed by atoms with Crippen molar-refractivity contribution in [2.45, 2.75) is 25.3 Å². The van der Waals surface area contributed by atoms with Crippen LogP contribution < -0.4 is 4.31 Å². The molecule has 6 heteroatoms. The van der Waals surface area contributed by atoms with Crippen molar-refractivity contribution in [3.63, 3.8) is 0 Å². The summed E-state index contributed by atoms with van der Waals surface area (Å²) < 4.78 is 42.3. The van der Waals surface area contributed by atoms with E-state index < -0.39 is 15.8 Å². The molecule has 0 fully saturated rings. The van der Waals surface area contributed by atoms with Crippen LogP contribution in [0.4, 0.5) is 10.1 Å². The Morgan fingerprint density at radius 2 is 1.56 bits per heavy atom. The molecule has 0 atom stereocenters. The quantitative estimate of drug-likeness (QED) is 0.564. The van der Waals surface area contributed by atoms with E-state index in [4.69, 9.17) is 11.6 Å². The van der Waals surface area contributed by atoms with Gasteiger partial charge in [0.2, 0.25) is 0 Å². The van der Waals surface area contributed by atoms with E-state index in [1.165, 1.54) is 28.6 Å². The minimum atomic E-state index is -3.91. The van der Waals surface area contributed by atoms with Gasteiger partial charge in [-0.2, -0.15) is 0 Å². The van der Waals surface area contributed by atoms with Gasteiger partial charge < -0.3 is 0 Å². The van der Waals surface area contributed by atoms with E-state index in [2.05, 4.69) is 0 Å². The van der Waals surface area contributed by atoms with Crippen LogP contribution >= 0.6 is 11.6 Å². The molecular weight excluding hydrogens is 385 g/mol. The second-order valence-corrected chi connectivity index (χ2v) is 8.64. The summed E-state index contributed by atoms with van der Waals surface area (Å²) in [6.07, 6.45) is 0. The normalized spacial score (nSPS) is 11.4. The summed E-state index contributed by atoms with van der Waals surface area (Å²) in [4.78, 5) is 0.136. The van der Waals surface area contributed by atoms with Crippen LogP contribution in [-0.2, 0) is 16.6 Å². The predicted molar refractivity (Wildman–Crippen MR) is 107 cm³/mol. The lowest BCUT2D eigenvalue weighted by atomic mass is 10.1. The van der Waals surface area contributed by atoms with Crippen LogP contribution in [-0.4, -0.2) is 8.42 Å². The summed E-state index contributed by atoms with van der Waals surface area (Å²) in [7, 11) is -3.91. The van der Waals surface area contributed by atoms with E-state index >= 15 is 0 Å². The largest absolute Gasteiger partial charge is 0.264 e. The average molecular weight is 404 g/mol. The monoisotopic (exact) mass is 403 g/mol. The van der Waals surface area contributed by atoms with Crippen molar-refractivity contribution in [1.82, 2.24) is 0 Å². The number of benzene rings is 3. The molecule has 0 amide bonds. The molecule has 3 nitrogen and oxygen atoms in total. The molecule has 0 aliphatic rings. The number of hydrogen-bond acceptors (Lipinski definition) is 2. The van der Waals surface area contributed by atoms with E-state index in [1.807, 2.05) is 19.9 Å². The first kappa shape index (κ1) is 19.4. The van der Waals surface area contributed by atoms with Gasteiger partial charge in [-0.25, -0.2) is 12.8 Å². The standard InChI is InChI=1S/C21H19ClFNO2S/c1-15-11-16(2)13-17(12-15)24(14-19-20(22)9-6-10-21(19)23)27(25,26)18-7-4-3-5-8-18/h3-13H,14H2,1-2H3. The van der Waals surface area contributed by atoms with E-state index in [-0.39, 0.29) is 22.0 Å². The third-order valence-electron chi connectivity index (χ3n) is 4.19. The van der Waals surface area contributed by atoms with Crippen LogP contribution in [0.25, 0.3) is 0 Å². The number of nitrogens with zero attached hydrogens (tertiary/aromatic N) is 1. The summed E-state index contributed by atoms with van der Waals surface area (Å²) in [5, 5.41) is 0.188. The summed E-state index contributed by atoms with van der Waals surface area (Å²) in [6, 6.07) is 17.9. The molecule has 140 valence electrons. The zero-order chi connectivity index (χ0) is 19.6. The van der Waals surface area contributed by atoms with Gasteiger partial charge in [-0.05, 0) is 61.4 Å². The Morgan fingerprint density at radius 1 is 0.926 bits per heavy atom. The van der Waals surface area contributed by atoms with Crippen molar-refractivity contribution in [1.29, 1.82) is 0 Å². The summed E-state index contributed by atoms with van der Waals surface area (Å²) >= 11 is 6.16. The molecule has 0 radical (unpaired) electrons. The number of hydrogen-bond donors (Lipinski definition) is 0. The molecule has 0 N–H and O–H groups in total. The van der Waals surface area contributed by atoms with Crippen LogP contribution in [0.3, 0.4) is 0 Å². The summed E-state index contributed by atoms with van der Waals surface area (Å²) in [5.41, 5.74) is 2.43. The average Bonchev–Trinajstić information content (AvgIpc) is 2.61. The number of aryl methyl sites for hydroxylation is 2. The molecule has 27 heavy (non-hydrogen) atoms. The number of anilines is 1. The van der Waals surface area contributed by atoms with Gasteiger partial charge in [-0.15, -0.1) is 0 Å². The minimum absolute atomic E-state index is 0.136. The van der Waals surface area contributed by atoms with Crippen molar-refractivity contribution in [3.05, 3.63) is 94.3 Å². The maximum Gasteiger partial charge on any atom is 0.264 e. The Bertz CT molecular complexity index is 1030. The lowest BCUT2D eigenvalue weighted by Crippen LogP contribution is -2.31. The number of sulfonamides is 1. The molecule has 0 unspecified atom stereocenters. The van der Waals surface area contributed by atoms with Crippen molar-refractivity contribution in [2.24, 2.45) is 0 Å². The van der Waals surface area contributed by atoms with Crippen LogP contribution in [0, 0.1) is 19.7 Å². The molecule has 0 spiro atoms. The first-order valence-electron chi connectivity index (χ1n) is 8.38. The van der Waals surface area contributed by atoms with Crippen molar-refractivity contribution >= 4 is 27.3 Å². The highest BCUT2D eigenvalue weighted by Crippen LogP contribution is 2.30. The second-order valence-electron chi connectivity index (χ2n) is 6.37. The van der Waals surface area contributed by atoms with Crippen LogP contribution in [0.5, 0.6) is 0 Å². The maximum atomic E-state index is 14.4. The number of halogens is 2. The van der Waals surface area contributed by atoms with Gasteiger partial charge in [-0.1, -0.05) is 41.9 Å². The van der Waals surface area contributed by atoms with E-state index in [0.717, 1.165) is 11.1 Å². The predicted octanol–water partition coefficient (Wildman–Crippen LogP) is 5.49. The van der Waals surface area contributed by atoms with Gasteiger partial charge in [0.25, 0.3) is 10.0 Å². The van der Waals surface area contributed by atoms with E-state index in [0.29, 0.717) is 5.69 Å². The van der Waals surface area contributed by atoms with Gasteiger partial charge in [-0.3, -0.25) is 4.31 Å². The molecular formula is C21H19ClFNO2S. The van der Waals surface area contributed by atoms with Gasteiger partial charge in [0, 0.05) is 10.6 Å². The molecule has 0 saturated carbocycles. The highest BCUT2D eigenvalue weighted by Gasteiger charge is 2.27. The maximum absolute atomic E-state index is 14.4. The fourth-order valence-electron chi connectivity index (χ4n) is 2.96. The lowest BCUT2D eigenvalue weighted by molar-refractivity contribution is 0.585.